The minimum absolute atomic E-state index is 0.101. The van der Waals surface area contributed by atoms with Crippen molar-refractivity contribution in [1.29, 1.82) is 0 Å². The third-order valence-corrected chi connectivity index (χ3v) is 3.15. The van der Waals surface area contributed by atoms with Crippen LogP contribution in [0.25, 0.3) is 11.4 Å². The Balaban J connectivity index is 1.88. The van der Waals surface area contributed by atoms with Crippen molar-refractivity contribution in [1.82, 2.24) is 10.1 Å². The minimum Gasteiger partial charge on any atom is -0.338 e. The Morgan fingerprint density at radius 3 is 2.94 bits per heavy atom. The maximum absolute atomic E-state index is 5.82. The SMILES string of the molecule is Cc1cccc(-c2noc(C3C=CC(N)C3)n2)c1. The second kappa shape index (κ2) is 4.38. The molecule has 1 aromatic heterocycles. The van der Waals surface area contributed by atoms with Crippen LogP contribution in [-0.2, 0) is 0 Å². The van der Waals surface area contributed by atoms with Gasteiger partial charge in [-0.05, 0) is 19.4 Å². The van der Waals surface area contributed by atoms with E-state index in [9.17, 15) is 0 Å². The fourth-order valence-corrected chi connectivity index (χ4v) is 2.20. The summed E-state index contributed by atoms with van der Waals surface area (Å²) >= 11 is 0. The largest absolute Gasteiger partial charge is 0.338 e. The number of hydrogen-bond donors (Lipinski definition) is 1. The highest BCUT2D eigenvalue weighted by Gasteiger charge is 2.23. The zero-order valence-corrected chi connectivity index (χ0v) is 10.2. The lowest BCUT2D eigenvalue weighted by atomic mass is 10.1. The second-order valence-corrected chi connectivity index (χ2v) is 4.72. The summed E-state index contributed by atoms with van der Waals surface area (Å²) in [5.41, 5.74) is 7.99. The highest BCUT2D eigenvalue weighted by atomic mass is 16.5. The average molecular weight is 241 g/mol. The van der Waals surface area contributed by atoms with E-state index in [1.807, 2.05) is 43.3 Å². The first-order valence-electron chi connectivity index (χ1n) is 6.07. The van der Waals surface area contributed by atoms with Crippen LogP contribution in [0.2, 0.25) is 0 Å². The fourth-order valence-electron chi connectivity index (χ4n) is 2.20. The van der Waals surface area contributed by atoms with Gasteiger partial charge in [0.1, 0.15) is 0 Å². The number of rotatable bonds is 2. The van der Waals surface area contributed by atoms with E-state index in [1.54, 1.807) is 0 Å². The van der Waals surface area contributed by atoms with Gasteiger partial charge in [0.2, 0.25) is 11.7 Å². The van der Waals surface area contributed by atoms with Crippen molar-refractivity contribution in [3.63, 3.8) is 0 Å². The number of aryl methyl sites for hydroxylation is 1. The summed E-state index contributed by atoms with van der Waals surface area (Å²) in [6.07, 6.45) is 4.87. The molecular weight excluding hydrogens is 226 g/mol. The van der Waals surface area contributed by atoms with Gasteiger partial charge in [-0.2, -0.15) is 4.98 Å². The molecule has 2 aromatic rings. The molecule has 1 aromatic carbocycles. The van der Waals surface area contributed by atoms with Gasteiger partial charge in [0.05, 0.1) is 5.92 Å². The van der Waals surface area contributed by atoms with Crippen LogP contribution in [0.4, 0.5) is 0 Å². The summed E-state index contributed by atoms with van der Waals surface area (Å²) < 4.78 is 5.32. The van der Waals surface area contributed by atoms with E-state index in [4.69, 9.17) is 10.3 Å². The van der Waals surface area contributed by atoms with Gasteiger partial charge in [0, 0.05) is 11.6 Å². The van der Waals surface area contributed by atoms with Gasteiger partial charge in [-0.25, -0.2) is 0 Å². The maximum atomic E-state index is 5.82. The Morgan fingerprint density at radius 1 is 1.33 bits per heavy atom. The Bertz CT molecular complexity index is 588. The van der Waals surface area contributed by atoms with Crippen LogP contribution in [0, 0.1) is 6.92 Å². The summed E-state index contributed by atoms with van der Waals surface area (Å²) in [5.74, 6) is 1.45. The van der Waals surface area contributed by atoms with E-state index < -0.39 is 0 Å². The molecule has 4 heteroatoms. The molecule has 0 saturated carbocycles. The molecule has 1 heterocycles. The quantitative estimate of drug-likeness (QED) is 0.820. The molecule has 1 aliphatic rings. The number of nitrogens with zero attached hydrogens (tertiary/aromatic N) is 2. The van der Waals surface area contributed by atoms with E-state index in [-0.39, 0.29) is 12.0 Å². The monoisotopic (exact) mass is 241 g/mol. The molecule has 18 heavy (non-hydrogen) atoms. The molecule has 2 unspecified atom stereocenters. The van der Waals surface area contributed by atoms with Crippen molar-refractivity contribution in [3.8, 4) is 11.4 Å². The van der Waals surface area contributed by atoms with Gasteiger partial charge in [0.15, 0.2) is 0 Å². The molecule has 2 N–H and O–H groups in total. The summed E-state index contributed by atoms with van der Waals surface area (Å²) in [4.78, 5) is 4.45. The molecule has 0 amide bonds. The molecule has 4 nitrogen and oxygen atoms in total. The predicted octanol–water partition coefficient (Wildman–Crippen LogP) is 2.42. The summed E-state index contributed by atoms with van der Waals surface area (Å²) in [6.45, 7) is 2.04. The summed E-state index contributed by atoms with van der Waals surface area (Å²) in [7, 11) is 0. The second-order valence-electron chi connectivity index (χ2n) is 4.72. The van der Waals surface area contributed by atoms with Crippen molar-refractivity contribution in [3.05, 3.63) is 47.9 Å². The standard InChI is InChI=1S/C14H15N3O/c1-9-3-2-4-10(7-9)13-16-14(18-17-13)11-5-6-12(15)8-11/h2-7,11-12H,8,15H2,1H3. The molecule has 0 aliphatic heterocycles. The average Bonchev–Trinajstić information content (AvgIpc) is 2.97. The number of aromatic nitrogens is 2. The van der Waals surface area contributed by atoms with Gasteiger partial charge in [-0.1, -0.05) is 41.1 Å². The van der Waals surface area contributed by atoms with Crippen molar-refractivity contribution in [2.24, 2.45) is 5.73 Å². The fraction of sp³-hybridized carbons (Fsp3) is 0.286. The molecule has 0 radical (unpaired) electrons. The number of allylic oxidation sites excluding steroid dienone is 1. The third kappa shape index (κ3) is 2.07. The minimum atomic E-state index is 0.101. The van der Waals surface area contributed by atoms with Crippen molar-refractivity contribution in [2.75, 3.05) is 0 Å². The van der Waals surface area contributed by atoms with Gasteiger partial charge >= 0.3 is 0 Å². The number of hydrogen-bond acceptors (Lipinski definition) is 4. The van der Waals surface area contributed by atoms with Crippen LogP contribution >= 0.6 is 0 Å². The van der Waals surface area contributed by atoms with Crippen molar-refractivity contribution < 1.29 is 4.52 Å². The molecule has 0 saturated heterocycles. The van der Waals surface area contributed by atoms with Gasteiger partial charge in [-0.15, -0.1) is 0 Å². The lowest BCUT2D eigenvalue weighted by Crippen LogP contribution is -2.14. The molecule has 1 aliphatic carbocycles. The van der Waals surface area contributed by atoms with Crippen LogP contribution in [-0.4, -0.2) is 16.2 Å². The first-order valence-corrected chi connectivity index (χ1v) is 6.07. The Labute approximate surface area is 106 Å². The lowest BCUT2D eigenvalue weighted by molar-refractivity contribution is 0.365. The Hall–Kier alpha value is -1.94. The van der Waals surface area contributed by atoms with E-state index in [1.165, 1.54) is 5.56 Å². The first kappa shape index (κ1) is 11.2. The Kier molecular flexibility index (Phi) is 2.72. The maximum Gasteiger partial charge on any atom is 0.233 e. The van der Waals surface area contributed by atoms with Crippen LogP contribution in [0.1, 0.15) is 23.8 Å². The van der Waals surface area contributed by atoms with E-state index >= 15 is 0 Å². The highest BCUT2D eigenvalue weighted by molar-refractivity contribution is 5.55. The van der Waals surface area contributed by atoms with Gasteiger partial charge in [0.25, 0.3) is 0 Å². The molecule has 2 atom stereocenters. The molecule has 0 fully saturated rings. The zero-order valence-electron chi connectivity index (χ0n) is 10.2. The lowest BCUT2D eigenvalue weighted by Gasteiger charge is -2.02. The van der Waals surface area contributed by atoms with Crippen LogP contribution in [0.5, 0.6) is 0 Å². The summed E-state index contributed by atoms with van der Waals surface area (Å²) in [6, 6.07) is 8.17. The number of nitrogens with two attached hydrogens (primary N) is 1. The predicted molar refractivity (Wildman–Crippen MR) is 68.9 cm³/mol. The van der Waals surface area contributed by atoms with Crippen LogP contribution < -0.4 is 5.73 Å². The van der Waals surface area contributed by atoms with Gasteiger partial charge in [-0.3, -0.25) is 0 Å². The van der Waals surface area contributed by atoms with Crippen LogP contribution in [0.3, 0.4) is 0 Å². The molecule has 3 rings (SSSR count). The Morgan fingerprint density at radius 2 is 2.22 bits per heavy atom. The van der Waals surface area contributed by atoms with Crippen LogP contribution in [0.15, 0.2) is 40.9 Å². The smallest absolute Gasteiger partial charge is 0.233 e. The third-order valence-electron chi connectivity index (χ3n) is 3.15. The van der Waals surface area contributed by atoms with Crippen molar-refractivity contribution >= 4 is 0 Å². The van der Waals surface area contributed by atoms with Gasteiger partial charge < -0.3 is 10.3 Å². The van der Waals surface area contributed by atoms with E-state index in [2.05, 4.69) is 10.1 Å². The van der Waals surface area contributed by atoms with E-state index in [0.717, 1.165) is 12.0 Å². The normalized spacial score (nSPS) is 22.6. The molecule has 92 valence electrons. The first-order chi connectivity index (χ1) is 8.72. The molecular formula is C14H15N3O. The topological polar surface area (TPSA) is 64.9 Å². The van der Waals surface area contributed by atoms with E-state index in [0.29, 0.717) is 11.7 Å². The zero-order chi connectivity index (χ0) is 12.5. The highest BCUT2D eigenvalue weighted by Crippen LogP contribution is 2.28. The van der Waals surface area contributed by atoms with Crippen molar-refractivity contribution in [2.45, 2.75) is 25.3 Å². The molecule has 0 spiro atoms. The number of benzene rings is 1. The molecule has 0 bridgehead atoms. The summed E-state index contributed by atoms with van der Waals surface area (Å²) in [5, 5.41) is 4.04.